The van der Waals surface area contributed by atoms with Crippen LogP contribution in [0.1, 0.15) is 25.0 Å². The fraction of sp³-hybridized carbons (Fsp3) is 0.417. The van der Waals surface area contributed by atoms with Gasteiger partial charge in [-0.15, -0.1) is 0 Å². The van der Waals surface area contributed by atoms with Crippen molar-refractivity contribution in [3.05, 3.63) is 23.3 Å². The van der Waals surface area contributed by atoms with E-state index in [1.807, 2.05) is 17.8 Å². The Kier molecular flexibility index (Phi) is 2.62. The second-order valence-electron chi connectivity index (χ2n) is 4.50. The van der Waals surface area contributed by atoms with E-state index in [9.17, 15) is 0 Å². The topological polar surface area (TPSA) is 54.7 Å². The molecule has 0 saturated carbocycles. The zero-order chi connectivity index (χ0) is 11.9. The molecule has 1 aromatic heterocycles. The summed E-state index contributed by atoms with van der Waals surface area (Å²) in [5.74, 6) is 0.577. The van der Waals surface area contributed by atoms with Crippen LogP contribution in [0.3, 0.4) is 0 Å². The quantitative estimate of drug-likeness (QED) is 0.841. The molecule has 0 bridgehead atoms. The standard InChI is InChI=1S/C12H17N3S/c1-7-5-6-8-10(14-15-11(8)13)9(7)12(2,3)16-4/h5-6H,1-4H3,(H3,13,14,15). The number of hydrogen-bond acceptors (Lipinski definition) is 3. The fourth-order valence-electron chi connectivity index (χ4n) is 2.09. The molecule has 3 nitrogen and oxygen atoms in total. The number of nitrogens with zero attached hydrogens (tertiary/aromatic N) is 1. The van der Waals surface area contributed by atoms with Gasteiger partial charge in [0.1, 0.15) is 0 Å². The Morgan fingerprint density at radius 3 is 2.69 bits per heavy atom. The monoisotopic (exact) mass is 235 g/mol. The first-order chi connectivity index (χ1) is 7.47. The molecule has 0 spiro atoms. The van der Waals surface area contributed by atoms with Gasteiger partial charge in [-0.05, 0) is 44.2 Å². The lowest BCUT2D eigenvalue weighted by Crippen LogP contribution is -2.13. The van der Waals surface area contributed by atoms with Crippen molar-refractivity contribution in [2.75, 3.05) is 12.0 Å². The lowest BCUT2D eigenvalue weighted by Gasteiger charge is -2.25. The number of aromatic nitrogens is 2. The van der Waals surface area contributed by atoms with E-state index in [4.69, 9.17) is 5.73 Å². The van der Waals surface area contributed by atoms with Crippen molar-refractivity contribution in [1.82, 2.24) is 10.2 Å². The second kappa shape index (κ2) is 3.70. The Labute approximate surface area is 99.8 Å². The lowest BCUT2D eigenvalue weighted by atomic mass is 9.94. The number of hydrogen-bond donors (Lipinski definition) is 2. The highest BCUT2D eigenvalue weighted by Crippen LogP contribution is 2.39. The van der Waals surface area contributed by atoms with Gasteiger partial charge in [0.15, 0.2) is 5.82 Å². The molecule has 0 radical (unpaired) electrons. The molecule has 0 fully saturated rings. The summed E-state index contributed by atoms with van der Waals surface area (Å²) >= 11 is 1.83. The molecule has 0 unspecified atom stereocenters. The number of aryl methyl sites for hydroxylation is 1. The van der Waals surface area contributed by atoms with E-state index in [2.05, 4.69) is 43.3 Å². The summed E-state index contributed by atoms with van der Waals surface area (Å²) in [6.07, 6.45) is 2.12. The van der Waals surface area contributed by atoms with Crippen molar-refractivity contribution in [2.24, 2.45) is 0 Å². The van der Waals surface area contributed by atoms with Gasteiger partial charge >= 0.3 is 0 Å². The van der Waals surface area contributed by atoms with Crippen molar-refractivity contribution in [2.45, 2.75) is 25.5 Å². The zero-order valence-electron chi connectivity index (χ0n) is 10.1. The largest absolute Gasteiger partial charge is 0.382 e. The number of anilines is 1. The maximum Gasteiger partial charge on any atom is 0.153 e. The molecule has 4 heteroatoms. The van der Waals surface area contributed by atoms with Crippen molar-refractivity contribution in [3.8, 4) is 0 Å². The fourth-order valence-corrected chi connectivity index (χ4v) is 2.56. The summed E-state index contributed by atoms with van der Waals surface area (Å²) in [6.45, 7) is 6.57. The van der Waals surface area contributed by atoms with Crippen LogP contribution >= 0.6 is 11.8 Å². The number of H-pyrrole nitrogens is 1. The van der Waals surface area contributed by atoms with E-state index < -0.39 is 0 Å². The summed E-state index contributed by atoms with van der Waals surface area (Å²) in [5.41, 5.74) is 9.46. The minimum absolute atomic E-state index is 0.0581. The van der Waals surface area contributed by atoms with Gasteiger partial charge in [0, 0.05) is 10.1 Å². The maximum absolute atomic E-state index is 5.83. The number of thioether (sulfide) groups is 1. The van der Waals surface area contributed by atoms with Crippen LogP contribution in [0.5, 0.6) is 0 Å². The molecule has 0 saturated heterocycles. The molecule has 86 valence electrons. The second-order valence-corrected chi connectivity index (χ2v) is 5.93. The Morgan fingerprint density at radius 1 is 1.38 bits per heavy atom. The van der Waals surface area contributed by atoms with Crippen LogP contribution in [-0.2, 0) is 4.75 Å². The van der Waals surface area contributed by atoms with Crippen LogP contribution in [-0.4, -0.2) is 16.5 Å². The molecular weight excluding hydrogens is 218 g/mol. The Bertz CT molecular complexity index is 528. The SMILES string of the molecule is CSC(C)(C)c1c(C)ccc2c(N)n[nH]c12. The first-order valence-corrected chi connectivity index (χ1v) is 6.48. The molecule has 0 amide bonds. The number of aromatic amines is 1. The minimum Gasteiger partial charge on any atom is -0.382 e. The number of nitrogens with two attached hydrogens (primary N) is 1. The van der Waals surface area contributed by atoms with Crippen LogP contribution in [0.25, 0.3) is 10.9 Å². The molecule has 0 aliphatic carbocycles. The van der Waals surface area contributed by atoms with Crippen LogP contribution in [0.4, 0.5) is 5.82 Å². The summed E-state index contributed by atoms with van der Waals surface area (Å²) in [5, 5.41) is 8.15. The molecule has 0 aliphatic heterocycles. The first-order valence-electron chi connectivity index (χ1n) is 5.26. The number of benzene rings is 1. The molecule has 2 aromatic rings. The van der Waals surface area contributed by atoms with E-state index in [1.165, 1.54) is 11.1 Å². The number of rotatable bonds is 2. The molecular formula is C12H17N3S. The van der Waals surface area contributed by atoms with Gasteiger partial charge in [0.2, 0.25) is 0 Å². The van der Waals surface area contributed by atoms with Crippen molar-refractivity contribution >= 4 is 28.5 Å². The Balaban J connectivity index is 2.81. The van der Waals surface area contributed by atoms with E-state index in [1.54, 1.807) is 0 Å². The molecule has 1 heterocycles. The third-order valence-corrected chi connectivity index (χ3v) is 4.31. The van der Waals surface area contributed by atoms with Crippen LogP contribution < -0.4 is 5.73 Å². The van der Waals surface area contributed by atoms with E-state index in [0.29, 0.717) is 5.82 Å². The van der Waals surface area contributed by atoms with Gasteiger partial charge in [-0.1, -0.05) is 6.07 Å². The van der Waals surface area contributed by atoms with Gasteiger partial charge < -0.3 is 5.73 Å². The number of fused-ring (bicyclic) bond motifs is 1. The summed E-state index contributed by atoms with van der Waals surface area (Å²) < 4.78 is 0.0581. The average molecular weight is 235 g/mol. The average Bonchev–Trinajstić information content (AvgIpc) is 2.59. The van der Waals surface area contributed by atoms with Crippen molar-refractivity contribution in [1.29, 1.82) is 0 Å². The maximum atomic E-state index is 5.83. The van der Waals surface area contributed by atoms with E-state index >= 15 is 0 Å². The van der Waals surface area contributed by atoms with E-state index in [0.717, 1.165) is 10.9 Å². The first kappa shape index (κ1) is 11.3. The summed E-state index contributed by atoms with van der Waals surface area (Å²) in [6, 6.07) is 4.14. The number of nitrogens with one attached hydrogen (secondary N) is 1. The summed E-state index contributed by atoms with van der Waals surface area (Å²) in [7, 11) is 0. The van der Waals surface area contributed by atoms with Crippen LogP contribution in [0.2, 0.25) is 0 Å². The molecule has 3 N–H and O–H groups in total. The normalized spacial score (nSPS) is 12.2. The van der Waals surface area contributed by atoms with E-state index in [-0.39, 0.29) is 4.75 Å². The highest BCUT2D eigenvalue weighted by molar-refractivity contribution is 7.99. The molecule has 0 atom stereocenters. The third-order valence-electron chi connectivity index (χ3n) is 3.09. The Morgan fingerprint density at radius 2 is 2.06 bits per heavy atom. The third kappa shape index (κ3) is 1.57. The van der Waals surface area contributed by atoms with Gasteiger partial charge in [0.05, 0.1) is 5.52 Å². The molecule has 1 aromatic carbocycles. The molecule has 16 heavy (non-hydrogen) atoms. The smallest absolute Gasteiger partial charge is 0.153 e. The van der Waals surface area contributed by atoms with Gasteiger partial charge in [-0.2, -0.15) is 16.9 Å². The van der Waals surface area contributed by atoms with Crippen molar-refractivity contribution in [3.63, 3.8) is 0 Å². The molecule has 0 aliphatic rings. The summed E-state index contributed by atoms with van der Waals surface area (Å²) in [4.78, 5) is 0. The van der Waals surface area contributed by atoms with Crippen LogP contribution in [0, 0.1) is 6.92 Å². The minimum atomic E-state index is 0.0581. The highest BCUT2D eigenvalue weighted by Gasteiger charge is 2.25. The van der Waals surface area contributed by atoms with Gasteiger partial charge in [0.25, 0.3) is 0 Å². The zero-order valence-corrected chi connectivity index (χ0v) is 10.9. The highest BCUT2D eigenvalue weighted by atomic mass is 32.2. The lowest BCUT2D eigenvalue weighted by molar-refractivity contribution is 0.782. The van der Waals surface area contributed by atoms with Crippen molar-refractivity contribution < 1.29 is 0 Å². The van der Waals surface area contributed by atoms with Gasteiger partial charge in [-0.3, -0.25) is 5.10 Å². The Hall–Kier alpha value is -1.16. The number of nitrogen functional groups attached to an aromatic ring is 1. The molecule has 2 rings (SSSR count). The van der Waals surface area contributed by atoms with Crippen LogP contribution in [0.15, 0.2) is 12.1 Å². The predicted octanol–water partition coefficient (Wildman–Crippen LogP) is 3.05. The van der Waals surface area contributed by atoms with Gasteiger partial charge in [-0.25, -0.2) is 0 Å². The predicted molar refractivity (Wildman–Crippen MR) is 71.8 cm³/mol.